The molecule has 2 fully saturated rings. The Labute approximate surface area is 260 Å². The molecule has 3 aliphatic rings. The second-order valence-electron chi connectivity index (χ2n) is 11.9. The molecule has 2 saturated heterocycles. The number of aromatic nitrogens is 1. The van der Waals surface area contributed by atoms with Crippen LogP contribution in [-0.4, -0.2) is 71.9 Å². The van der Waals surface area contributed by atoms with Gasteiger partial charge in [-0.1, -0.05) is 42.5 Å². The molecule has 6 rings (SSSR count). The number of nitrogens with one attached hydrogen (secondary N) is 1. The van der Waals surface area contributed by atoms with E-state index >= 15 is 0 Å². The van der Waals surface area contributed by atoms with E-state index in [0.717, 1.165) is 69.9 Å². The number of fused-ring (bicyclic) bond motifs is 1. The minimum absolute atomic E-state index is 0.224. The minimum Gasteiger partial charge on any atom is -0.494 e. The molecule has 0 unspecified atom stereocenters. The Morgan fingerprint density at radius 3 is 2.40 bits per heavy atom. The van der Waals surface area contributed by atoms with Gasteiger partial charge in [0, 0.05) is 37.3 Å². The first-order chi connectivity index (χ1) is 21.6. The normalized spacial score (nSPS) is 20.7. The molecule has 3 aromatic rings. The standard InChI is InChI=1S/C34H38F3N5O3/c1-22(23-6-3-2-4-7-23)42-28-10-11-29(43)39-31(28)30(33(38)44)27(32(42)24-8-5-9-25(20-24)34(35,36)37)21-40-14-12-26(13-15-40)41-16-18-45-19-17-41/h2-11,20,22,26,44H,12-19,21,38H2,1H3,(H,39,43)/t22-/m0/s1. The summed E-state index contributed by atoms with van der Waals surface area (Å²) < 4.78 is 47.7. The zero-order chi connectivity index (χ0) is 31.7. The number of aliphatic hydroxyl groups excluding tert-OH is 1. The monoisotopic (exact) mass is 621 g/mol. The van der Waals surface area contributed by atoms with Gasteiger partial charge >= 0.3 is 6.18 Å². The SMILES string of the molecule is C[C@@H](c1ccccc1)N1C(c2cccc(C(F)(F)F)c2)=C(CN2CCC(N3CCOCC3)CC2)C(=C(N)O)c2[nH]c(=O)ccc21. The molecule has 238 valence electrons. The van der Waals surface area contributed by atoms with Crippen LogP contribution in [0.5, 0.6) is 0 Å². The molecular formula is C34H38F3N5O3. The third kappa shape index (κ3) is 6.38. The number of aromatic amines is 1. The van der Waals surface area contributed by atoms with Crippen molar-refractivity contribution in [3.8, 4) is 0 Å². The van der Waals surface area contributed by atoms with Crippen LogP contribution in [0.1, 0.15) is 48.2 Å². The molecule has 0 radical (unpaired) electrons. The number of piperidine rings is 1. The smallest absolute Gasteiger partial charge is 0.416 e. The van der Waals surface area contributed by atoms with E-state index in [0.29, 0.717) is 40.8 Å². The number of ether oxygens (including phenoxy) is 1. The highest BCUT2D eigenvalue weighted by Gasteiger charge is 2.38. The fourth-order valence-corrected chi connectivity index (χ4v) is 6.88. The third-order valence-corrected chi connectivity index (χ3v) is 9.12. The van der Waals surface area contributed by atoms with Gasteiger partial charge in [0.2, 0.25) is 5.56 Å². The topological polar surface area (TPSA) is 98.1 Å². The van der Waals surface area contributed by atoms with Crippen molar-refractivity contribution in [3.63, 3.8) is 0 Å². The molecule has 0 amide bonds. The maximum absolute atomic E-state index is 14.0. The van der Waals surface area contributed by atoms with E-state index < -0.39 is 17.6 Å². The van der Waals surface area contributed by atoms with Crippen LogP contribution in [0.4, 0.5) is 18.9 Å². The van der Waals surface area contributed by atoms with Crippen LogP contribution in [0.25, 0.3) is 11.3 Å². The highest BCUT2D eigenvalue weighted by atomic mass is 19.4. The van der Waals surface area contributed by atoms with Gasteiger partial charge in [-0.2, -0.15) is 13.2 Å². The summed E-state index contributed by atoms with van der Waals surface area (Å²) in [6, 6.07) is 18.0. The molecule has 0 saturated carbocycles. The van der Waals surface area contributed by atoms with Crippen LogP contribution in [0.2, 0.25) is 0 Å². The van der Waals surface area contributed by atoms with Crippen molar-refractivity contribution in [2.45, 2.75) is 38.0 Å². The molecule has 4 N–H and O–H groups in total. The first-order valence-corrected chi connectivity index (χ1v) is 15.3. The van der Waals surface area contributed by atoms with E-state index in [2.05, 4.69) is 14.8 Å². The summed E-state index contributed by atoms with van der Waals surface area (Å²) in [5, 5.41) is 11.0. The van der Waals surface area contributed by atoms with Crippen LogP contribution < -0.4 is 16.2 Å². The second-order valence-corrected chi connectivity index (χ2v) is 11.9. The summed E-state index contributed by atoms with van der Waals surface area (Å²) in [7, 11) is 0. The quantitative estimate of drug-likeness (QED) is 0.319. The molecule has 3 aliphatic heterocycles. The van der Waals surface area contributed by atoms with Gasteiger partial charge in [0.25, 0.3) is 0 Å². The Balaban J connectivity index is 1.51. The first kappa shape index (κ1) is 30.9. The van der Waals surface area contributed by atoms with E-state index in [1.807, 2.05) is 42.2 Å². The van der Waals surface area contributed by atoms with Gasteiger partial charge in [-0.3, -0.25) is 14.6 Å². The lowest BCUT2D eigenvalue weighted by Crippen LogP contribution is -2.49. The first-order valence-electron chi connectivity index (χ1n) is 15.3. The number of halogens is 3. The summed E-state index contributed by atoms with van der Waals surface area (Å²) in [5.41, 5.74) is 8.40. The van der Waals surface area contributed by atoms with Crippen molar-refractivity contribution < 1.29 is 23.0 Å². The highest BCUT2D eigenvalue weighted by Crippen LogP contribution is 2.48. The molecule has 1 aromatic heterocycles. The highest BCUT2D eigenvalue weighted by molar-refractivity contribution is 6.02. The van der Waals surface area contributed by atoms with Gasteiger partial charge in [0.05, 0.1) is 47.5 Å². The Morgan fingerprint density at radius 2 is 1.73 bits per heavy atom. The van der Waals surface area contributed by atoms with Gasteiger partial charge in [-0.25, -0.2) is 0 Å². The summed E-state index contributed by atoms with van der Waals surface area (Å²) in [4.78, 5) is 22.2. The number of likely N-dealkylation sites (tertiary alicyclic amines) is 1. The van der Waals surface area contributed by atoms with Crippen molar-refractivity contribution in [2.75, 3.05) is 50.8 Å². The Hall–Kier alpha value is -4.06. The molecular weight excluding hydrogens is 583 g/mol. The average Bonchev–Trinajstić information content (AvgIpc) is 3.04. The summed E-state index contributed by atoms with van der Waals surface area (Å²) in [6.45, 7) is 7.06. The number of alkyl halides is 3. The van der Waals surface area contributed by atoms with E-state index in [9.17, 15) is 23.1 Å². The largest absolute Gasteiger partial charge is 0.494 e. The zero-order valence-corrected chi connectivity index (χ0v) is 25.2. The molecule has 0 spiro atoms. The lowest BCUT2D eigenvalue weighted by atomic mass is 9.87. The van der Waals surface area contributed by atoms with Crippen LogP contribution in [-0.2, 0) is 10.9 Å². The van der Waals surface area contributed by atoms with Crippen molar-refractivity contribution in [3.05, 3.63) is 111 Å². The molecule has 2 aromatic carbocycles. The number of hydrogen-bond donors (Lipinski definition) is 3. The van der Waals surface area contributed by atoms with Gasteiger partial charge in [-0.05, 0) is 62.2 Å². The zero-order valence-electron chi connectivity index (χ0n) is 25.2. The molecule has 8 nitrogen and oxygen atoms in total. The fourth-order valence-electron chi connectivity index (χ4n) is 6.88. The summed E-state index contributed by atoms with van der Waals surface area (Å²) in [5.74, 6) is -0.507. The predicted molar refractivity (Wildman–Crippen MR) is 168 cm³/mol. The number of nitrogens with zero attached hydrogens (tertiary/aromatic N) is 3. The third-order valence-electron chi connectivity index (χ3n) is 9.12. The maximum atomic E-state index is 14.0. The number of nitrogens with two attached hydrogens (primary N) is 1. The Morgan fingerprint density at radius 1 is 1.02 bits per heavy atom. The molecule has 0 aliphatic carbocycles. The number of aliphatic hydroxyl groups is 1. The summed E-state index contributed by atoms with van der Waals surface area (Å²) >= 11 is 0. The maximum Gasteiger partial charge on any atom is 0.416 e. The van der Waals surface area contributed by atoms with Crippen molar-refractivity contribution in [1.82, 2.24) is 14.8 Å². The number of morpholine rings is 1. The van der Waals surface area contributed by atoms with Crippen LogP contribution in [0, 0.1) is 0 Å². The second kappa shape index (κ2) is 12.7. The number of pyridine rings is 1. The van der Waals surface area contributed by atoms with Crippen molar-refractivity contribution in [2.24, 2.45) is 5.73 Å². The lowest BCUT2D eigenvalue weighted by molar-refractivity contribution is -0.137. The Bertz CT molecular complexity index is 1630. The fraction of sp³-hybridized carbons (Fsp3) is 0.382. The molecule has 45 heavy (non-hydrogen) atoms. The van der Waals surface area contributed by atoms with E-state index in [4.69, 9.17) is 10.5 Å². The van der Waals surface area contributed by atoms with Crippen LogP contribution >= 0.6 is 0 Å². The number of hydrogen-bond acceptors (Lipinski definition) is 7. The molecule has 0 bridgehead atoms. The van der Waals surface area contributed by atoms with Gasteiger partial charge in [-0.15, -0.1) is 0 Å². The predicted octanol–water partition coefficient (Wildman–Crippen LogP) is 5.37. The minimum atomic E-state index is -4.56. The van der Waals surface area contributed by atoms with E-state index in [1.54, 1.807) is 12.1 Å². The van der Waals surface area contributed by atoms with E-state index in [-0.39, 0.29) is 17.2 Å². The number of H-pyrrole nitrogens is 1. The average molecular weight is 622 g/mol. The summed E-state index contributed by atoms with van der Waals surface area (Å²) in [6.07, 6.45) is -2.70. The molecule has 1 atom stereocenters. The lowest BCUT2D eigenvalue weighted by Gasteiger charge is -2.43. The number of benzene rings is 2. The number of anilines is 1. The number of rotatable bonds is 6. The Kier molecular flexibility index (Phi) is 8.76. The van der Waals surface area contributed by atoms with Gasteiger partial charge < -0.3 is 25.5 Å². The van der Waals surface area contributed by atoms with Crippen molar-refractivity contribution in [1.29, 1.82) is 0 Å². The van der Waals surface area contributed by atoms with Crippen LogP contribution in [0.15, 0.2) is 83.0 Å². The van der Waals surface area contributed by atoms with Gasteiger partial charge in [0.15, 0.2) is 5.88 Å². The van der Waals surface area contributed by atoms with Crippen LogP contribution in [0.3, 0.4) is 0 Å². The van der Waals surface area contributed by atoms with Gasteiger partial charge in [0.1, 0.15) is 0 Å². The molecule has 11 heteroatoms. The van der Waals surface area contributed by atoms with Crippen molar-refractivity contribution >= 4 is 17.0 Å². The molecule has 4 heterocycles. The van der Waals surface area contributed by atoms with E-state index in [1.165, 1.54) is 12.1 Å².